The lowest BCUT2D eigenvalue weighted by molar-refractivity contribution is 0.301. The summed E-state index contributed by atoms with van der Waals surface area (Å²) in [5.74, 6) is 1.76. The van der Waals surface area contributed by atoms with Gasteiger partial charge in [0.1, 0.15) is 11.5 Å². The Morgan fingerprint density at radius 3 is 2.70 bits per heavy atom. The zero-order valence-corrected chi connectivity index (χ0v) is 24.2. The molecule has 0 saturated heterocycles. The fourth-order valence-corrected chi connectivity index (χ4v) is 7.99. The van der Waals surface area contributed by atoms with Gasteiger partial charge < -0.3 is 14.4 Å². The number of fused-ring (bicyclic) bond motifs is 2. The Morgan fingerprint density at radius 1 is 1.22 bits per heavy atom. The topological polar surface area (TPSA) is 76.1 Å². The molecule has 2 aliphatic heterocycles. The van der Waals surface area contributed by atoms with Crippen molar-refractivity contribution in [2.24, 2.45) is 5.92 Å². The first-order valence-corrected chi connectivity index (χ1v) is 15.9. The van der Waals surface area contributed by atoms with Gasteiger partial charge in [0.05, 0.1) is 30.7 Å². The Labute approximate surface area is 229 Å². The van der Waals surface area contributed by atoms with Crippen LogP contribution in [0.5, 0.6) is 5.75 Å². The number of allylic oxidation sites excluding steroid dienone is 6. The number of thioether (sulfide) groups is 2. The van der Waals surface area contributed by atoms with Crippen LogP contribution in [0.15, 0.2) is 80.3 Å². The molecular formula is C28H35NO5S3. The maximum Gasteiger partial charge on any atom is 0.264 e. The fourth-order valence-electron chi connectivity index (χ4n) is 4.86. The summed E-state index contributed by atoms with van der Waals surface area (Å²) in [7, 11) is -0.656. The van der Waals surface area contributed by atoms with Gasteiger partial charge in [0.25, 0.3) is 10.1 Å². The number of benzene rings is 1. The first kappa shape index (κ1) is 28.0. The van der Waals surface area contributed by atoms with Crippen molar-refractivity contribution in [1.29, 1.82) is 0 Å². The lowest BCUT2D eigenvalue weighted by Gasteiger charge is -2.21. The van der Waals surface area contributed by atoms with Crippen LogP contribution in [0.2, 0.25) is 0 Å². The first-order valence-electron chi connectivity index (χ1n) is 12.6. The van der Waals surface area contributed by atoms with Gasteiger partial charge in [0.15, 0.2) is 0 Å². The molecule has 0 fully saturated rings. The molecule has 1 N–H and O–H groups in total. The van der Waals surface area contributed by atoms with Crippen molar-refractivity contribution in [3.8, 4) is 5.75 Å². The molecule has 200 valence electrons. The average Bonchev–Trinajstić information content (AvgIpc) is 3.39. The van der Waals surface area contributed by atoms with Crippen LogP contribution in [-0.2, 0) is 14.9 Å². The maximum atomic E-state index is 11.4. The number of nitrogens with zero attached hydrogens (tertiary/aromatic N) is 1. The van der Waals surface area contributed by atoms with Gasteiger partial charge in [-0.25, -0.2) is 0 Å². The first-order chi connectivity index (χ1) is 17.8. The van der Waals surface area contributed by atoms with Gasteiger partial charge in [-0.2, -0.15) is 8.42 Å². The van der Waals surface area contributed by atoms with Crippen LogP contribution >= 0.6 is 23.5 Å². The molecule has 2 heterocycles. The Hall–Kier alpha value is -2.07. The Bertz CT molecular complexity index is 1280. The largest absolute Gasteiger partial charge is 0.497 e. The second-order valence-electron chi connectivity index (χ2n) is 9.16. The molecule has 0 aromatic heterocycles. The highest BCUT2D eigenvalue weighted by Gasteiger charge is 2.33. The second-order valence-corrected chi connectivity index (χ2v) is 13.0. The van der Waals surface area contributed by atoms with Crippen molar-refractivity contribution in [1.82, 2.24) is 0 Å². The summed E-state index contributed by atoms with van der Waals surface area (Å²) in [4.78, 5) is 4.58. The van der Waals surface area contributed by atoms with Crippen LogP contribution in [0.1, 0.15) is 39.5 Å². The fraction of sp³-hybridized carbons (Fsp3) is 0.429. The van der Waals surface area contributed by atoms with E-state index in [-0.39, 0.29) is 5.75 Å². The van der Waals surface area contributed by atoms with Gasteiger partial charge in [-0.05, 0) is 66.8 Å². The molecule has 1 aromatic rings. The Morgan fingerprint density at radius 2 is 2.03 bits per heavy atom. The van der Waals surface area contributed by atoms with Gasteiger partial charge in [0.2, 0.25) is 0 Å². The zero-order valence-electron chi connectivity index (χ0n) is 21.8. The molecule has 0 amide bonds. The molecule has 9 heteroatoms. The summed E-state index contributed by atoms with van der Waals surface area (Å²) in [5, 5.41) is 1.45. The van der Waals surface area contributed by atoms with Gasteiger partial charge >= 0.3 is 0 Å². The summed E-state index contributed by atoms with van der Waals surface area (Å²) in [5.41, 5.74) is 3.69. The van der Waals surface area contributed by atoms with Gasteiger partial charge in [-0.1, -0.05) is 38.1 Å². The minimum atomic E-state index is -4.01. The monoisotopic (exact) mass is 561 g/mol. The highest BCUT2D eigenvalue weighted by atomic mass is 32.2. The van der Waals surface area contributed by atoms with Crippen molar-refractivity contribution >= 4 is 39.3 Å². The lowest BCUT2D eigenvalue weighted by Crippen LogP contribution is -2.21. The van der Waals surface area contributed by atoms with Crippen molar-refractivity contribution in [3.63, 3.8) is 0 Å². The van der Waals surface area contributed by atoms with Crippen LogP contribution in [0, 0.1) is 5.92 Å². The van der Waals surface area contributed by atoms with Crippen LogP contribution in [0.3, 0.4) is 0 Å². The van der Waals surface area contributed by atoms with Crippen LogP contribution in [0.25, 0.3) is 0 Å². The van der Waals surface area contributed by atoms with E-state index < -0.39 is 10.1 Å². The minimum Gasteiger partial charge on any atom is -0.497 e. The van der Waals surface area contributed by atoms with E-state index in [9.17, 15) is 13.0 Å². The third kappa shape index (κ3) is 6.69. The molecule has 1 aliphatic carbocycles. The average molecular weight is 562 g/mol. The summed E-state index contributed by atoms with van der Waals surface area (Å²) < 4.78 is 42.9. The standard InChI is InChI=1S/C28H35NO5S3/c1-5-8-19(15-27-22(6-2)23-17-20(33-3)9-11-25(23)35-27)16-28-29(13-7-14-37(30,31)32)24-18-21(34-4)10-12-26(24)36-28/h9-12,15-18,23,25H,5-8,13-14H2,1-4H3,(H,30,31,32)/b19-15+,28-16-. The van der Waals surface area contributed by atoms with Crippen LogP contribution in [0.4, 0.5) is 5.69 Å². The molecule has 0 radical (unpaired) electrons. The van der Waals surface area contributed by atoms with E-state index in [0.29, 0.717) is 24.1 Å². The molecule has 37 heavy (non-hydrogen) atoms. The quantitative estimate of drug-likeness (QED) is 0.291. The molecule has 0 spiro atoms. The van der Waals surface area contributed by atoms with E-state index in [1.807, 2.05) is 30.0 Å². The van der Waals surface area contributed by atoms with Gasteiger partial charge in [0, 0.05) is 33.6 Å². The Balaban J connectivity index is 1.68. The molecule has 1 aromatic carbocycles. The normalized spacial score (nSPS) is 22.4. The molecule has 2 atom stereocenters. The van der Waals surface area contributed by atoms with Crippen molar-refractivity contribution < 1.29 is 22.4 Å². The van der Waals surface area contributed by atoms with E-state index in [1.54, 1.807) is 26.0 Å². The molecule has 3 aliphatic rings. The number of ether oxygens (including phenoxy) is 2. The number of anilines is 1. The zero-order chi connectivity index (χ0) is 26.6. The molecule has 2 unspecified atom stereocenters. The van der Waals surface area contributed by atoms with E-state index in [2.05, 4.69) is 49.1 Å². The Kier molecular flexibility index (Phi) is 9.21. The van der Waals surface area contributed by atoms with Crippen molar-refractivity contribution in [2.75, 3.05) is 31.4 Å². The summed E-state index contributed by atoms with van der Waals surface area (Å²) in [6.07, 6.45) is 14.4. The highest BCUT2D eigenvalue weighted by molar-refractivity contribution is 8.04. The molecule has 0 saturated carbocycles. The SMILES string of the molecule is CCCC(/C=C1\Sc2ccc(OC)cc2N1CCCS(=O)(=O)O)=C\C1=C(CC)C2C=C(OC)C=CC2S1. The van der Waals surface area contributed by atoms with Crippen molar-refractivity contribution in [3.05, 3.63) is 75.4 Å². The third-order valence-corrected chi connectivity index (χ3v) is 9.91. The minimum absolute atomic E-state index is 0.269. The number of rotatable bonds is 11. The molecule has 4 rings (SSSR count). The maximum absolute atomic E-state index is 11.4. The van der Waals surface area contributed by atoms with Crippen LogP contribution < -0.4 is 9.64 Å². The van der Waals surface area contributed by atoms with Crippen molar-refractivity contribution in [2.45, 2.75) is 49.7 Å². The summed E-state index contributed by atoms with van der Waals surface area (Å²) in [6, 6.07) is 5.97. The van der Waals surface area contributed by atoms with E-state index >= 15 is 0 Å². The predicted molar refractivity (Wildman–Crippen MR) is 155 cm³/mol. The predicted octanol–water partition coefficient (Wildman–Crippen LogP) is 6.95. The van der Waals surface area contributed by atoms with E-state index in [1.165, 1.54) is 16.1 Å². The molecule has 0 bridgehead atoms. The summed E-state index contributed by atoms with van der Waals surface area (Å²) >= 11 is 3.60. The van der Waals surface area contributed by atoms with E-state index in [4.69, 9.17) is 9.47 Å². The highest BCUT2D eigenvalue weighted by Crippen LogP contribution is 2.50. The third-order valence-electron chi connectivity index (χ3n) is 6.63. The lowest BCUT2D eigenvalue weighted by atomic mass is 9.89. The van der Waals surface area contributed by atoms with Gasteiger partial charge in [-0.3, -0.25) is 4.55 Å². The molecule has 6 nitrogen and oxygen atoms in total. The number of methoxy groups -OCH3 is 2. The number of hydrogen-bond donors (Lipinski definition) is 1. The molecular weight excluding hydrogens is 527 g/mol. The number of hydrogen-bond acceptors (Lipinski definition) is 7. The van der Waals surface area contributed by atoms with Crippen LogP contribution in [-0.4, -0.2) is 44.7 Å². The smallest absolute Gasteiger partial charge is 0.264 e. The summed E-state index contributed by atoms with van der Waals surface area (Å²) in [6.45, 7) is 4.89. The second kappa shape index (κ2) is 12.2. The van der Waals surface area contributed by atoms with E-state index in [0.717, 1.165) is 46.4 Å². The van der Waals surface area contributed by atoms with Gasteiger partial charge in [-0.15, -0.1) is 11.8 Å².